The second-order valence-corrected chi connectivity index (χ2v) is 6.17. The molecule has 0 atom stereocenters. The number of halogens is 1. The van der Waals surface area contributed by atoms with E-state index < -0.39 is 0 Å². The Labute approximate surface area is 131 Å². The van der Waals surface area contributed by atoms with E-state index in [1.807, 2.05) is 11.8 Å². The van der Waals surface area contributed by atoms with Crippen LogP contribution < -0.4 is 0 Å². The molecule has 1 amide bonds. The van der Waals surface area contributed by atoms with Gasteiger partial charge in [0.05, 0.1) is 0 Å². The van der Waals surface area contributed by atoms with Gasteiger partial charge in [0, 0.05) is 25.8 Å². The van der Waals surface area contributed by atoms with Crippen LogP contribution in [0.2, 0.25) is 0 Å². The van der Waals surface area contributed by atoms with Crippen LogP contribution in [0.25, 0.3) is 5.57 Å². The normalized spacial score (nSPS) is 18.4. The van der Waals surface area contributed by atoms with Gasteiger partial charge < -0.3 is 10.0 Å². The van der Waals surface area contributed by atoms with E-state index in [4.69, 9.17) is 0 Å². The molecule has 1 aromatic carbocycles. The SMILES string of the molecule is CCC1(CO)CCN(C(=O)/C=C(/C)c2ccc(F)cc2)CC1. The van der Waals surface area contributed by atoms with Gasteiger partial charge in [0.15, 0.2) is 0 Å². The number of carbonyl (C=O) groups excluding carboxylic acids is 1. The highest BCUT2D eigenvalue weighted by molar-refractivity contribution is 5.94. The van der Waals surface area contributed by atoms with Crippen LogP contribution in [0.3, 0.4) is 0 Å². The Hall–Kier alpha value is -1.68. The molecule has 22 heavy (non-hydrogen) atoms. The zero-order valence-electron chi connectivity index (χ0n) is 13.3. The van der Waals surface area contributed by atoms with Gasteiger partial charge in [-0.2, -0.15) is 0 Å². The lowest BCUT2D eigenvalue weighted by Crippen LogP contribution is -2.43. The van der Waals surface area contributed by atoms with Crippen molar-refractivity contribution < 1.29 is 14.3 Å². The molecular formula is C18H24FNO2. The van der Waals surface area contributed by atoms with Crippen LogP contribution in [0.1, 0.15) is 38.7 Å². The van der Waals surface area contributed by atoms with Crippen molar-refractivity contribution in [1.29, 1.82) is 0 Å². The highest BCUT2D eigenvalue weighted by Gasteiger charge is 2.33. The topological polar surface area (TPSA) is 40.5 Å². The Morgan fingerprint density at radius 1 is 1.32 bits per heavy atom. The fourth-order valence-electron chi connectivity index (χ4n) is 2.90. The summed E-state index contributed by atoms with van der Waals surface area (Å²) in [6.07, 6.45) is 4.24. The Morgan fingerprint density at radius 2 is 1.91 bits per heavy atom. The van der Waals surface area contributed by atoms with Gasteiger partial charge in [-0.15, -0.1) is 0 Å². The molecule has 1 heterocycles. The molecule has 1 saturated heterocycles. The molecule has 1 N–H and O–H groups in total. The van der Waals surface area contributed by atoms with Crippen molar-refractivity contribution in [3.8, 4) is 0 Å². The van der Waals surface area contributed by atoms with E-state index >= 15 is 0 Å². The van der Waals surface area contributed by atoms with Gasteiger partial charge in [-0.25, -0.2) is 4.39 Å². The smallest absolute Gasteiger partial charge is 0.246 e. The van der Waals surface area contributed by atoms with Crippen LogP contribution in [-0.2, 0) is 4.79 Å². The summed E-state index contributed by atoms with van der Waals surface area (Å²) >= 11 is 0. The first-order valence-electron chi connectivity index (χ1n) is 7.84. The van der Waals surface area contributed by atoms with Crippen molar-refractivity contribution in [3.63, 3.8) is 0 Å². The van der Waals surface area contributed by atoms with Crippen LogP contribution in [-0.4, -0.2) is 35.6 Å². The summed E-state index contributed by atoms with van der Waals surface area (Å²) in [6.45, 7) is 5.50. The van der Waals surface area contributed by atoms with Crippen molar-refractivity contribution >= 4 is 11.5 Å². The van der Waals surface area contributed by atoms with Gasteiger partial charge in [-0.3, -0.25) is 4.79 Å². The Kier molecular flexibility index (Phi) is 5.35. The number of carbonyl (C=O) groups is 1. The minimum Gasteiger partial charge on any atom is -0.396 e. The molecule has 0 unspecified atom stereocenters. The first-order chi connectivity index (χ1) is 10.5. The predicted octanol–water partition coefficient (Wildman–Crippen LogP) is 3.24. The van der Waals surface area contributed by atoms with Gasteiger partial charge in [0.25, 0.3) is 0 Å². The molecule has 3 nitrogen and oxygen atoms in total. The lowest BCUT2D eigenvalue weighted by Gasteiger charge is -2.40. The van der Waals surface area contributed by atoms with E-state index in [9.17, 15) is 14.3 Å². The van der Waals surface area contributed by atoms with Crippen LogP contribution in [0.15, 0.2) is 30.3 Å². The van der Waals surface area contributed by atoms with Crippen molar-refractivity contribution in [1.82, 2.24) is 4.90 Å². The summed E-state index contributed by atoms with van der Waals surface area (Å²) < 4.78 is 12.9. The van der Waals surface area contributed by atoms with Crippen LogP contribution >= 0.6 is 0 Å². The lowest BCUT2D eigenvalue weighted by atomic mass is 9.77. The molecule has 0 aromatic heterocycles. The summed E-state index contributed by atoms with van der Waals surface area (Å²) in [6, 6.07) is 6.15. The largest absolute Gasteiger partial charge is 0.396 e. The van der Waals surface area contributed by atoms with Crippen LogP contribution in [0, 0.1) is 11.2 Å². The quantitative estimate of drug-likeness (QED) is 0.868. The van der Waals surface area contributed by atoms with Gasteiger partial charge in [0.2, 0.25) is 5.91 Å². The molecule has 1 fully saturated rings. The Morgan fingerprint density at radius 3 is 2.41 bits per heavy atom. The molecule has 120 valence electrons. The van der Waals surface area contributed by atoms with E-state index in [-0.39, 0.29) is 23.7 Å². The minimum atomic E-state index is -0.279. The highest BCUT2D eigenvalue weighted by atomic mass is 19.1. The summed E-state index contributed by atoms with van der Waals surface area (Å²) in [7, 11) is 0. The number of aliphatic hydroxyl groups is 1. The van der Waals surface area contributed by atoms with Gasteiger partial charge in [-0.05, 0) is 54.9 Å². The summed E-state index contributed by atoms with van der Waals surface area (Å²) in [5.74, 6) is -0.289. The van der Waals surface area contributed by atoms with E-state index in [1.165, 1.54) is 12.1 Å². The molecule has 1 aliphatic heterocycles. The number of allylic oxidation sites excluding steroid dienone is 1. The molecule has 0 spiro atoms. The number of rotatable bonds is 4. The summed E-state index contributed by atoms with van der Waals surface area (Å²) in [5, 5.41) is 9.54. The second-order valence-electron chi connectivity index (χ2n) is 6.17. The van der Waals surface area contributed by atoms with Gasteiger partial charge in [-0.1, -0.05) is 19.1 Å². The predicted molar refractivity (Wildman–Crippen MR) is 85.7 cm³/mol. The van der Waals surface area contributed by atoms with Crippen molar-refractivity contribution in [2.24, 2.45) is 5.41 Å². The third kappa shape index (κ3) is 3.74. The maximum Gasteiger partial charge on any atom is 0.246 e. The third-order valence-electron chi connectivity index (χ3n) is 4.86. The molecule has 4 heteroatoms. The number of likely N-dealkylation sites (tertiary alicyclic amines) is 1. The van der Waals surface area contributed by atoms with Crippen LogP contribution in [0.4, 0.5) is 4.39 Å². The summed E-state index contributed by atoms with van der Waals surface area (Å²) in [4.78, 5) is 14.2. The Balaban J connectivity index is 2.01. The minimum absolute atomic E-state index is 0.00975. The van der Waals surface area contributed by atoms with E-state index in [1.54, 1.807) is 18.2 Å². The van der Waals surface area contributed by atoms with Crippen molar-refractivity contribution in [2.45, 2.75) is 33.1 Å². The van der Waals surface area contributed by atoms with E-state index in [2.05, 4.69) is 6.92 Å². The number of amides is 1. The van der Waals surface area contributed by atoms with E-state index in [0.717, 1.165) is 30.4 Å². The number of hydrogen-bond donors (Lipinski definition) is 1. The zero-order chi connectivity index (χ0) is 16.2. The number of nitrogens with zero attached hydrogens (tertiary/aromatic N) is 1. The molecule has 0 aliphatic carbocycles. The summed E-state index contributed by atoms with van der Waals surface area (Å²) in [5.41, 5.74) is 1.66. The van der Waals surface area contributed by atoms with Gasteiger partial charge in [0.1, 0.15) is 5.82 Å². The standard InChI is InChI=1S/C18H24FNO2/c1-3-18(13-21)8-10-20(11-9-18)17(22)12-14(2)15-4-6-16(19)7-5-15/h4-7,12,21H,3,8-11,13H2,1-2H3/b14-12-. The molecule has 1 aromatic rings. The fraction of sp³-hybridized carbons (Fsp3) is 0.500. The first kappa shape index (κ1) is 16.7. The van der Waals surface area contributed by atoms with E-state index in [0.29, 0.717) is 13.1 Å². The Bertz CT molecular complexity index is 537. The number of aliphatic hydroxyl groups excluding tert-OH is 1. The average molecular weight is 305 g/mol. The first-order valence-corrected chi connectivity index (χ1v) is 7.84. The monoisotopic (exact) mass is 305 g/mol. The lowest BCUT2D eigenvalue weighted by molar-refractivity contribution is -0.128. The number of hydrogen-bond acceptors (Lipinski definition) is 2. The average Bonchev–Trinajstić information content (AvgIpc) is 2.55. The van der Waals surface area contributed by atoms with Crippen molar-refractivity contribution in [3.05, 3.63) is 41.7 Å². The fourth-order valence-corrected chi connectivity index (χ4v) is 2.90. The molecule has 2 rings (SSSR count). The molecule has 0 saturated carbocycles. The van der Waals surface area contributed by atoms with Crippen molar-refractivity contribution in [2.75, 3.05) is 19.7 Å². The molecule has 1 aliphatic rings. The van der Waals surface area contributed by atoms with Gasteiger partial charge >= 0.3 is 0 Å². The van der Waals surface area contributed by atoms with Crippen LogP contribution in [0.5, 0.6) is 0 Å². The molecular weight excluding hydrogens is 281 g/mol. The highest BCUT2D eigenvalue weighted by Crippen LogP contribution is 2.34. The maximum atomic E-state index is 12.9. The maximum absolute atomic E-state index is 12.9. The number of piperidine rings is 1. The number of benzene rings is 1. The second kappa shape index (κ2) is 7.05. The molecule has 0 radical (unpaired) electrons. The molecule has 0 bridgehead atoms. The third-order valence-corrected chi connectivity index (χ3v) is 4.86. The zero-order valence-corrected chi connectivity index (χ0v) is 13.3.